The molecule has 0 radical (unpaired) electrons. The first-order valence-electron chi connectivity index (χ1n) is 8.36. The van der Waals surface area contributed by atoms with Gasteiger partial charge in [0.05, 0.1) is 0 Å². The van der Waals surface area contributed by atoms with Crippen LogP contribution in [0.25, 0.3) is 0 Å². The van der Waals surface area contributed by atoms with Crippen molar-refractivity contribution in [2.45, 2.75) is 33.1 Å². The normalized spacial score (nSPS) is 11.6. The molecule has 0 atom stereocenters. The summed E-state index contributed by atoms with van der Waals surface area (Å²) in [6, 6.07) is 10.3. The van der Waals surface area contributed by atoms with Crippen LogP contribution >= 0.6 is 0 Å². The fraction of sp³-hybridized carbons (Fsp3) is 0.474. The number of aromatic nitrogens is 2. The molecule has 0 amide bonds. The Morgan fingerprint density at radius 1 is 1.08 bits per heavy atom. The van der Waals surface area contributed by atoms with Crippen LogP contribution in [0.1, 0.15) is 32.0 Å². The van der Waals surface area contributed by atoms with Crippen LogP contribution < -0.4 is 10.6 Å². The molecule has 0 saturated carbocycles. The minimum absolute atomic E-state index is 0.0679. The molecule has 1 heterocycles. The quantitative estimate of drug-likeness (QED) is 0.845. The van der Waals surface area contributed by atoms with Crippen molar-refractivity contribution in [2.75, 3.05) is 37.8 Å². The van der Waals surface area contributed by atoms with Gasteiger partial charge in [0, 0.05) is 30.5 Å². The number of nitrogens with zero attached hydrogens (tertiary/aromatic N) is 3. The third-order valence-electron chi connectivity index (χ3n) is 3.69. The molecule has 0 aliphatic heterocycles. The number of likely N-dealkylation sites (N-methyl/N-ethyl adjacent to an activating group) is 1. The first-order valence-corrected chi connectivity index (χ1v) is 8.36. The van der Waals surface area contributed by atoms with Gasteiger partial charge < -0.3 is 15.5 Å². The molecule has 2 N–H and O–H groups in total. The number of nitrogens with one attached hydrogen (secondary N) is 2. The first kappa shape index (κ1) is 18.2. The highest BCUT2D eigenvalue weighted by molar-refractivity contribution is 5.63. The van der Waals surface area contributed by atoms with Crippen molar-refractivity contribution < 1.29 is 0 Å². The van der Waals surface area contributed by atoms with Crippen molar-refractivity contribution >= 4 is 17.5 Å². The minimum Gasteiger partial charge on any atom is -0.353 e. The molecule has 0 aliphatic rings. The maximum Gasteiger partial charge on any atom is 0.224 e. The summed E-state index contributed by atoms with van der Waals surface area (Å²) < 4.78 is 0. The third-order valence-corrected chi connectivity index (χ3v) is 3.69. The second-order valence-electron chi connectivity index (χ2n) is 7.37. The molecule has 2 rings (SSSR count). The molecule has 1 aromatic carbocycles. The number of para-hydroxylation sites is 1. The Hall–Kier alpha value is -2.14. The monoisotopic (exact) mass is 327 g/mol. The fourth-order valence-corrected chi connectivity index (χ4v) is 2.49. The van der Waals surface area contributed by atoms with E-state index >= 15 is 0 Å². The van der Waals surface area contributed by atoms with Crippen LogP contribution in [0.15, 0.2) is 30.3 Å². The van der Waals surface area contributed by atoms with Crippen molar-refractivity contribution in [3.05, 3.63) is 41.6 Å². The van der Waals surface area contributed by atoms with E-state index in [9.17, 15) is 0 Å². The highest BCUT2D eigenvalue weighted by atomic mass is 15.2. The Bertz CT molecular complexity index is 674. The molecular weight excluding hydrogens is 298 g/mol. The molecule has 5 nitrogen and oxygen atoms in total. The van der Waals surface area contributed by atoms with E-state index in [-0.39, 0.29) is 5.41 Å². The maximum atomic E-state index is 4.60. The van der Waals surface area contributed by atoms with E-state index in [4.69, 9.17) is 0 Å². The molecule has 0 unspecified atom stereocenters. The average Bonchev–Trinajstić information content (AvgIpc) is 2.45. The van der Waals surface area contributed by atoms with Crippen LogP contribution in [0.3, 0.4) is 0 Å². The summed E-state index contributed by atoms with van der Waals surface area (Å²) >= 11 is 0. The van der Waals surface area contributed by atoms with Gasteiger partial charge in [-0.25, -0.2) is 4.98 Å². The number of anilines is 3. The minimum atomic E-state index is 0.0679. The lowest BCUT2D eigenvalue weighted by Crippen LogP contribution is -2.21. The zero-order valence-corrected chi connectivity index (χ0v) is 15.6. The molecular formula is C19H29N5. The molecule has 2 aromatic rings. The topological polar surface area (TPSA) is 53.1 Å². The van der Waals surface area contributed by atoms with E-state index in [2.05, 4.69) is 78.6 Å². The van der Waals surface area contributed by atoms with Crippen LogP contribution in [-0.4, -0.2) is 42.1 Å². The number of aryl methyl sites for hydroxylation is 1. The number of hydrogen-bond acceptors (Lipinski definition) is 5. The van der Waals surface area contributed by atoms with Gasteiger partial charge in [-0.2, -0.15) is 4.98 Å². The number of hydrogen-bond donors (Lipinski definition) is 2. The zero-order valence-electron chi connectivity index (χ0n) is 15.6. The largest absolute Gasteiger partial charge is 0.353 e. The van der Waals surface area contributed by atoms with Gasteiger partial charge in [0.25, 0.3) is 0 Å². The summed E-state index contributed by atoms with van der Waals surface area (Å²) in [5, 5.41) is 6.74. The predicted octanol–water partition coefficient (Wildman–Crippen LogP) is 3.80. The number of benzene rings is 1. The van der Waals surface area contributed by atoms with E-state index in [1.807, 2.05) is 19.1 Å². The van der Waals surface area contributed by atoms with Crippen LogP contribution in [0.2, 0.25) is 0 Å². The molecule has 0 aliphatic carbocycles. The summed E-state index contributed by atoms with van der Waals surface area (Å²) in [5.74, 6) is 1.47. The van der Waals surface area contributed by atoms with Crippen LogP contribution in [0.4, 0.5) is 17.5 Å². The highest BCUT2D eigenvalue weighted by Gasteiger charge is 2.17. The Morgan fingerprint density at radius 3 is 2.46 bits per heavy atom. The molecule has 0 bridgehead atoms. The standard InChI is InChI=1S/C19H29N5/c1-14-13-17(23-18(21-14)20-11-12-24(5)6)22-16-10-8-7-9-15(16)19(2,3)4/h7-10,13H,11-12H2,1-6H3,(H2,20,21,22,23). The molecule has 0 fully saturated rings. The van der Waals surface area contributed by atoms with E-state index in [0.717, 1.165) is 30.3 Å². The molecule has 130 valence electrons. The van der Waals surface area contributed by atoms with Gasteiger partial charge in [-0.05, 0) is 38.1 Å². The van der Waals surface area contributed by atoms with Gasteiger partial charge in [-0.1, -0.05) is 39.0 Å². The smallest absolute Gasteiger partial charge is 0.224 e. The third kappa shape index (κ3) is 5.20. The van der Waals surface area contributed by atoms with Crippen molar-refractivity contribution in [1.29, 1.82) is 0 Å². The summed E-state index contributed by atoms with van der Waals surface area (Å²) in [4.78, 5) is 11.2. The van der Waals surface area contributed by atoms with Gasteiger partial charge in [-0.15, -0.1) is 0 Å². The van der Waals surface area contributed by atoms with E-state index in [1.54, 1.807) is 0 Å². The maximum absolute atomic E-state index is 4.60. The van der Waals surface area contributed by atoms with E-state index in [0.29, 0.717) is 5.95 Å². The van der Waals surface area contributed by atoms with Crippen molar-refractivity contribution in [2.24, 2.45) is 0 Å². The molecule has 5 heteroatoms. The highest BCUT2D eigenvalue weighted by Crippen LogP contribution is 2.31. The molecule has 0 spiro atoms. The van der Waals surface area contributed by atoms with Gasteiger partial charge >= 0.3 is 0 Å². The van der Waals surface area contributed by atoms with Crippen LogP contribution in [0.5, 0.6) is 0 Å². The van der Waals surface area contributed by atoms with Crippen molar-refractivity contribution in [1.82, 2.24) is 14.9 Å². The Labute approximate surface area is 145 Å². The molecule has 0 saturated heterocycles. The second kappa shape index (κ2) is 7.62. The summed E-state index contributed by atoms with van der Waals surface area (Å²) in [5.41, 5.74) is 3.36. The number of rotatable bonds is 6. The van der Waals surface area contributed by atoms with Crippen LogP contribution in [0, 0.1) is 6.92 Å². The fourth-order valence-electron chi connectivity index (χ4n) is 2.49. The van der Waals surface area contributed by atoms with Gasteiger partial charge in [0.15, 0.2) is 0 Å². The summed E-state index contributed by atoms with van der Waals surface area (Å²) in [6.07, 6.45) is 0. The zero-order chi connectivity index (χ0) is 17.7. The molecule has 24 heavy (non-hydrogen) atoms. The first-order chi connectivity index (χ1) is 11.3. The lowest BCUT2D eigenvalue weighted by atomic mass is 9.86. The molecule has 1 aromatic heterocycles. The van der Waals surface area contributed by atoms with E-state index < -0.39 is 0 Å². The average molecular weight is 327 g/mol. The van der Waals surface area contributed by atoms with Crippen LogP contribution in [-0.2, 0) is 5.41 Å². The van der Waals surface area contributed by atoms with Gasteiger partial charge in [0.1, 0.15) is 5.82 Å². The Balaban J connectivity index is 2.20. The second-order valence-corrected chi connectivity index (χ2v) is 7.37. The Morgan fingerprint density at radius 2 is 1.79 bits per heavy atom. The predicted molar refractivity (Wildman–Crippen MR) is 102 cm³/mol. The van der Waals surface area contributed by atoms with Gasteiger partial charge in [-0.3, -0.25) is 0 Å². The lowest BCUT2D eigenvalue weighted by Gasteiger charge is -2.23. The lowest BCUT2D eigenvalue weighted by molar-refractivity contribution is 0.425. The summed E-state index contributed by atoms with van der Waals surface area (Å²) in [6.45, 7) is 10.4. The SMILES string of the molecule is Cc1cc(Nc2ccccc2C(C)(C)C)nc(NCCN(C)C)n1. The Kier molecular flexibility index (Phi) is 5.78. The van der Waals surface area contributed by atoms with Crippen molar-refractivity contribution in [3.63, 3.8) is 0 Å². The van der Waals surface area contributed by atoms with Gasteiger partial charge in [0.2, 0.25) is 5.95 Å². The van der Waals surface area contributed by atoms with Crippen molar-refractivity contribution in [3.8, 4) is 0 Å². The summed E-state index contributed by atoms with van der Waals surface area (Å²) in [7, 11) is 4.10. The van der Waals surface area contributed by atoms with E-state index in [1.165, 1.54) is 5.56 Å².